The van der Waals surface area contributed by atoms with E-state index < -0.39 is 0 Å². The lowest BCUT2D eigenvalue weighted by molar-refractivity contribution is 1.05. The van der Waals surface area contributed by atoms with E-state index in [1.54, 1.807) is 0 Å². The number of fused-ring (bicyclic) bond motifs is 13. The maximum Gasteiger partial charge on any atom is 0.164 e. The van der Waals surface area contributed by atoms with Crippen LogP contribution in [0.4, 0.5) is 0 Å². The molecular weight excluding hydrogens is 837 g/mol. The van der Waals surface area contributed by atoms with Gasteiger partial charge in [-0.2, -0.15) is 0 Å². The summed E-state index contributed by atoms with van der Waals surface area (Å²) in [4.78, 5) is 48.5. The molecule has 1 aliphatic rings. The second kappa shape index (κ2) is 14.0. The number of hydrogen-bond donors (Lipinski definition) is 0. The molecule has 6 aromatic heterocycles. The molecule has 15 rings (SSSR count). The zero-order valence-electron chi connectivity index (χ0n) is 35.8. The van der Waals surface area contributed by atoms with Gasteiger partial charge in [-0.1, -0.05) is 103 Å². The van der Waals surface area contributed by atoms with Gasteiger partial charge in [-0.25, -0.2) is 39.9 Å². The molecule has 0 radical (unpaired) electrons. The summed E-state index contributed by atoms with van der Waals surface area (Å²) >= 11 is 0. The number of benzene rings is 8. The minimum absolute atomic E-state index is 0.512. The summed E-state index contributed by atoms with van der Waals surface area (Å²) in [7, 11) is 0. The Kier molecular flexibility index (Phi) is 7.56. The summed E-state index contributed by atoms with van der Waals surface area (Å²) < 4.78 is 0. The van der Waals surface area contributed by atoms with Gasteiger partial charge >= 0.3 is 0 Å². The van der Waals surface area contributed by atoms with Crippen molar-refractivity contribution < 1.29 is 0 Å². The van der Waals surface area contributed by atoms with Crippen molar-refractivity contribution in [3.63, 3.8) is 0 Å². The third-order valence-corrected chi connectivity index (χ3v) is 13.7. The van der Waals surface area contributed by atoms with Crippen molar-refractivity contribution in [3.8, 4) is 67.5 Å². The van der Waals surface area contributed by atoms with Gasteiger partial charge in [0.2, 0.25) is 0 Å². The highest BCUT2D eigenvalue weighted by Gasteiger charge is 2.30. The van der Waals surface area contributed by atoms with E-state index in [2.05, 4.69) is 119 Å². The lowest BCUT2D eigenvalue weighted by Gasteiger charge is -2.21. The fraction of sp³-hybridized carbons (Fsp3) is 0. The monoisotopic (exact) mass is 866 g/mol. The van der Waals surface area contributed by atoms with E-state index in [-0.39, 0.29) is 0 Å². The summed E-state index contributed by atoms with van der Waals surface area (Å²) in [6.45, 7) is 0. The SMILES string of the molecule is c1ccc2c(c1)cc1c3c(cccc32)-c2cc3c(-c4nc5c(cnc6ccccc65)cc4-c4ncncn4)c4ccccc4c(-c4nc5c(cnc6ccccc65)cc4-c4ncncn4)c3cc2-1. The molecule has 8 aromatic carbocycles. The van der Waals surface area contributed by atoms with Crippen LogP contribution in [-0.4, -0.2) is 49.8 Å². The van der Waals surface area contributed by atoms with Crippen LogP contribution in [0.2, 0.25) is 0 Å². The first-order valence-corrected chi connectivity index (χ1v) is 22.3. The summed E-state index contributed by atoms with van der Waals surface area (Å²) in [5.41, 5.74) is 13.0. The summed E-state index contributed by atoms with van der Waals surface area (Å²) in [6.07, 6.45) is 9.93. The highest BCUT2D eigenvalue weighted by molar-refractivity contribution is 6.29. The van der Waals surface area contributed by atoms with Crippen LogP contribution in [0.5, 0.6) is 0 Å². The first-order chi connectivity index (χ1) is 33.7. The van der Waals surface area contributed by atoms with Crippen molar-refractivity contribution >= 4 is 86.7 Å². The Morgan fingerprint density at radius 2 is 0.750 bits per heavy atom. The molecular formula is C58H30N10. The second-order valence-electron chi connectivity index (χ2n) is 17.2. The standard InChI is InChI=1S/C58H30N10/c1-2-11-34-31(10-1)20-43-42-24-45-44(23-41(42)38-17-9-16-35(34)50(38)43)51(55-46(57-63-27-59-28-64-57)21-32-25-61-48-18-7-5-14-39(48)53(32)67-55)36-12-3-4-13-37(36)52(45)56-47(58-65-29-60-30-66-58)22-33-26-62-49-19-8-6-15-40(49)54(33)68-56/h1-30H. The number of para-hydroxylation sites is 2. The van der Waals surface area contributed by atoms with Crippen LogP contribution in [0.1, 0.15) is 0 Å². The van der Waals surface area contributed by atoms with E-state index in [1.165, 1.54) is 58.0 Å². The number of rotatable bonds is 4. The van der Waals surface area contributed by atoms with Gasteiger partial charge in [-0.05, 0) is 108 Å². The average molecular weight is 867 g/mol. The molecule has 10 heteroatoms. The van der Waals surface area contributed by atoms with Gasteiger partial charge < -0.3 is 0 Å². The van der Waals surface area contributed by atoms with Crippen LogP contribution < -0.4 is 0 Å². The summed E-state index contributed by atoms with van der Waals surface area (Å²) in [5.74, 6) is 1.02. The molecule has 0 N–H and O–H groups in total. The van der Waals surface area contributed by atoms with Crippen molar-refractivity contribution in [2.24, 2.45) is 0 Å². The van der Waals surface area contributed by atoms with Gasteiger partial charge in [0, 0.05) is 56.2 Å². The molecule has 68 heavy (non-hydrogen) atoms. The fourth-order valence-corrected chi connectivity index (χ4v) is 10.8. The topological polar surface area (TPSA) is 129 Å². The Hall–Kier alpha value is -9.54. The number of nitrogens with zero attached hydrogens (tertiary/aromatic N) is 10. The third kappa shape index (κ3) is 5.22. The van der Waals surface area contributed by atoms with Crippen LogP contribution in [0.25, 0.3) is 154 Å². The minimum Gasteiger partial charge on any atom is -0.255 e. The van der Waals surface area contributed by atoms with Gasteiger partial charge in [0.05, 0.1) is 33.5 Å². The molecule has 0 fully saturated rings. The molecule has 0 unspecified atom stereocenters. The van der Waals surface area contributed by atoms with Gasteiger partial charge in [0.1, 0.15) is 25.3 Å². The lowest BCUT2D eigenvalue weighted by atomic mass is 9.84. The van der Waals surface area contributed by atoms with Crippen LogP contribution in [0, 0.1) is 0 Å². The van der Waals surface area contributed by atoms with E-state index in [9.17, 15) is 0 Å². The minimum atomic E-state index is 0.512. The van der Waals surface area contributed by atoms with E-state index in [1.807, 2.05) is 48.8 Å². The van der Waals surface area contributed by atoms with E-state index in [0.29, 0.717) is 11.6 Å². The summed E-state index contributed by atoms with van der Waals surface area (Å²) in [6, 6.07) is 51.6. The van der Waals surface area contributed by atoms with Crippen LogP contribution in [-0.2, 0) is 0 Å². The smallest absolute Gasteiger partial charge is 0.164 e. The maximum atomic E-state index is 5.72. The quantitative estimate of drug-likeness (QED) is 0.124. The Bertz CT molecular complexity index is 4500. The van der Waals surface area contributed by atoms with Crippen molar-refractivity contribution in [2.75, 3.05) is 0 Å². The predicted octanol–water partition coefficient (Wildman–Crippen LogP) is 13.2. The zero-order valence-corrected chi connectivity index (χ0v) is 35.8. The molecule has 0 bridgehead atoms. The molecule has 6 heterocycles. The Morgan fingerprint density at radius 1 is 0.294 bits per heavy atom. The maximum absolute atomic E-state index is 5.72. The molecule has 14 aromatic rings. The highest BCUT2D eigenvalue weighted by atomic mass is 15.0. The number of hydrogen-bond acceptors (Lipinski definition) is 10. The molecule has 312 valence electrons. The Morgan fingerprint density at radius 3 is 1.31 bits per heavy atom. The molecule has 0 atom stereocenters. The number of pyridine rings is 4. The van der Waals surface area contributed by atoms with E-state index in [4.69, 9.17) is 39.9 Å². The van der Waals surface area contributed by atoms with Gasteiger partial charge in [0.15, 0.2) is 11.6 Å². The summed E-state index contributed by atoms with van der Waals surface area (Å²) in [5, 5.41) is 12.5. The molecule has 10 nitrogen and oxygen atoms in total. The molecule has 0 aliphatic heterocycles. The fourth-order valence-electron chi connectivity index (χ4n) is 10.8. The Labute approximate surface area is 385 Å². The average Bonchev–Trinajstić information content (AvgIpc) is 3.71. The van der Waals surface area contributed by atoms with Crippen molar-refractivity contribution in [1.29, 1.82) is 0 Å². The molecule has 0 saturated heterocycles. The Balaban J connectivity index is 1.16. The highest BCUT2D eigenvalue weighted by Crippen LogP contribution is 2.55. The van der Waals surface area contributed by atoms with Gasteiger partial charge in [-0.15, -0.1) is 0 Å². The van der Waals surface area contributed by atoms with Crippen molar-refractivity contribution in [2.45, 2.75) is 0 Å². The lowest BCUT2D eigenvalue weighted by Crippen LogP contribution is -2.01. The first kappa shape index (κ1) is 36.8. The molecule has 0 saturated carbocycles. The van der Waals surface area contributed by atoms with Gasteiger partial charge in [0.25, 0.3) is 0 Å². The largest absolute Gasteiger partial charge is 0.255 e. The van der Waals surface area contributed by atoms with Crippen molar-refractivity contribution in [1.82, 2.24) is 49.8 Å². The van der Waals surface area contributed by atoms with Gasteiger partial charge in [-0.3, -0.25) is 9.97 Å². The normalized spacial score (nSPS) is 12.1. The molecule has 1 aliphatic carbocycles. The van der Waals surface area contributed by atoms with E-state index >= 15 is 0 Å². The zero-order chi connectivity index (χ0) is 44.5. The molecule has 0 spiro atoms. The first-order valence-electron chi connectivity index (χ1n) is 22.3. The predicted molar refractivity (Wildman–Crippen MR) is 271 cm³/mol. The number of aromatic nitrogens is 10. The second-order valence-corrected chi connectivity index (χ2v) is 17.2. The molecule has 0 amide bonds. The van der Waals surface area contributed by atoms with Crippen LogP contribution in [0.3, 0.4) is 0 Å². The third-order valence-electron chi connectivity index (χ3n) is 13.7. The van der Waals surface area contributed by atoms with E-state index in [0.717, 1.165) is 110 Å². The van der Waals surface area contributed by atoms with Crippen LogP contribution >= 0.6 is 0 Å². The van der Waals surface area contributed by atoms with Crippen LogP contribution in [0.15, 0.2) is 183 Å². The van der Waals surface area contributed by atoms with Crippen molar-refractivity contribution in [3.05, 3.63) is 183 Å².